The van der Waals surface area contributed by atoms with E-state index in [0.717, 1.165) is 11.1 Å². The fraction of sp³-hybridized carbons (Fsp3) is 0.533. The predicted octanol–water partition coefficient (Wildman–Crippen LogP) is 2.58. The molecule has 0 fully saturated rings. The molecule has 2 N–H and O–H groups in total. The summed E-state index contributed by atoms with van der Waals surface area (Å²) in [6, 6.07) is 4.71. The minimum Gasteiger partial charge on any atom is -0.504 e. The highest BCUT2D eigenvalue weighted by molar-refractivity contribution is 5.33. The largest absolute Gasteiger partial charge is 0.504 e. The number of aryl methyl sites for hydroxylation is 1. The quantitative estimate of drug-likeness (QED) is 0.863. The Kier molecular flexibility index (Phi) is 4.52. The summed E-state index contributed by atoms with van der Waals surface area (Å²) in [5.41, 5.74) is 0.854. The van der Waals surface area contributed by atoms with Crippen LogP contribution in [0.4, 0.5) is 0 Å². The third kappa shape index (κ3) is 4.15. The van der Waals surface area contributed by atoms with Gasteiger partial charge in [-0.3, -0.25) is 4.79 Å². The fourth-order valence-corrected chi connectivity index (χ4v) is 1.87. The maximum atomic E-state index is 11.6. The molecular weight excluding hydrogens is 228 g/mol. The average Bonchev–Trinajstić information content (AvgIpc) is 2.37. The molecule has 0 radical (unpaired) electrons. The molecule has 100 valence electrons. The van der Waals surface area contributed by atoms with E-state index in [0.29, 0.717) is 12.8 Å². The van der Waals surface area contributed by atoms with Crippen molar-refractivity contribution in [2.45, 2.75) is 52.1 Å². The standard InChI is InChI=1S/C15H22O3/c1-10(2)12-9-14(17)13(16)6-5-11(12)7-8-15(3,4)18/h5-6,9-10,18H,7-8H2,1-4H3,(H,16,17). The lowest BCUT2D eigenvalue weighted by Crippen LogP contribution is -2.19. The van der Waals surface area contributed by atoms with Gasteiger partial charge in [-0.2, -0.15) is 0 Å². The Labute approximate surface area is 108 Å². The van der Waals surface area contributed by atoms with E-state index in [4.69, 9.17) is 0 Å². The van der Waals surface area contributed by atoms with E-state index in [2.05, 4.69) is 0 Å². The Bertz CT molecular complexity index is 470. The molecule has 0 aliphatic carbocycles. The van der Waals surface area contributed by atoms with Crippen LogP contribution >= 0.6 is 0 Å². The van der Waals surface area contributed by atoms with Gasteiger partial charge in [-0.25, -0.2) is 0 Å². The SMILES string of the molecule is CC(C)c1cc(=O)c(O)ccc1CCC(C)(C)O. The van der Waals surface area contributed by atoms with E-state index in [1.54, 1.807) is 19.9 Å². The van der Waals surface area contributed by atoms with Crippen molar-refractivity contribution >= 4 is 0 Å². The van der Waals surface area contributed by atoms with Crippen LogP contribution < -0.4 is 5.43 Å². The van der Waals surface area contributed by atoms with Crippen molar-refractivity contribution in [2.75, 3.05) is 0 Å². The third-order valence-corrected chi connectivity index (χ3v) is 2.98. The van der Waals surface area contributed by atoms with Gasteiger partial charge < -0.3 is 10.2 Å². The maximum Gasteiger partial charge on any atom is 0.220 e. The summed E-state index contributed by atoms with van der Waals surface area (Å²) in [6.07, 6.45) is 1.30. The molecule has 0 aromatic heterocycles. The minimum absolute atomic E-state index is 0.210. The van der Waals surface area contributed by atoms with Crippen molar-refractivity contribution in [3.05, 3.63) is 39.5 Å². The summed E-state index contributed by atoms with van der Waals surface area (Å²) in [5.74, 6) is -0.0206. The van der Waals surface area contributed by atoms with Crippen molar-refractivity contribution < 1.29 is 10.2 Å². The normalized spacial score (nSPS) is 11.9. The van der Waals surface area contributed by atoms with Gasteiger partial charge in [0.05, 0.1) is 5.60 Å². The summed E-state index contributed by atoms with van der Waals surface area (Å²) in [5, 5.41) is 19.2. The van der Waals surface area contributed by atoms with Crippen LogP contribution in [0.3, 0.4) is 0 Å². The summed E-state index contributed by atoms with van der Waals surface area (Å²) in [7, 11) is 0. The molecule has 1 aromatic carbocycles. The van der Waals surface area contributed by atoms with E-state index < -0.39 is 5.60 Å². The van der Waals surface area contributed by atoms with Gasteiger partial charge in [0, 0.05) is 0 Å². The van der Waals surface area contributed by atoms with Gasteiger partial charge in [-0.05, 0) is 55.9 Å². The van der Waals surface area contributed by atoms with Crippen LogP contribution in [0.5, 0.6) is 5.75 Å². The molecule has 0 spiro atoms. The van der Waals surface area contributed by atoms with Gasteiger partial charge in [0.2, 0.25) is 5.43 Å². The second-order valence-corrected chi connectivity index (χ2v) is 5.67. The first-order valence-corrected chi connectivity index (χ1v) is 6.29. The highest BCUT2D eigenvalue weighted by Crippen LogP contribution is 2.22. The van der Waals surface area contributed by atoms with Gasteiger partial charge >= 0.3 is 0 Å². The molecule has 0 bridgehead atoms. The van der Waals surface area contributed by atoms with E-state index in [9.17, 15) is 15.0 Å². The van der Waals surface area contributed by atoms with Gasteiger partial charge in [0.25, 0.3) is 0 Å². The van der Waals surface area contributed by atoms with Crippen LogP contribution in [0.2, 0.25) is 0 Å². The van der Waals surface area contributed by atoms with Crippen molar-refractivity contribution in [1.29, 1.82) is 0 Å². The number of hydrogen-bond donors (Lipinski definition) is 2. The molecule has 0 atom stereocenters. The second-order valence-electron chi connectivity index (χ2n) is 5.67. The van der Waals surface area contributed by atoms with Crippen LogP contribution in [0, 0.1) is 0 Å². The molecule has 18 heavy (non-hydrogen) atoms. The van der Waals surface area contributed by atoms with Gasteiger partial charge in [-0.15, -0.1) is 0 Å². The first-order chi connectivity index (χ1) is 8.20. The van der Waals surface area contributed by atoms with Crippen LogP contribution in [-0.4, -0.2) is 15.8 Å². The summed E-state index contributed by atoms with van der Waals surface area (Å²) in [4.78, 5) is 11.6. The van der Waals surface area contributed by atoms with Gasteiger partial charge in [-0.1, -0.05) is 19.9 Å². The van der Waals surface area contributed by atoms with Crippen LogP contribution in [0.15, 0.2) is 23.0 Å². The lowest BCUT2D eigenvalue weighted by Gasteiger charge is -2.18. The van der Waals surface area contributed by atoms with E-state index >= 15 is 0 Å². The van der Waals surface area contributed by atoms with Crippen molar-refractivity contribution in [2.24, 2.45) is 0 Å². The van der Waals surface area contributed by atoms with Crippen LogP contribution in [-0.2, 0) is 6.42 Å². The Morgan fingerprint density at radius 1 is 1.28 bits per heavy atom. The molecule has 1 rings (SSSR count). The molecule has 0 unspecified atom stereocenters. The van der Waals surface area contributed by atoms with Crippen LogP contribution in [0.25, 0.3) is 0 Å². The first kappa shape index (κ1) is 14.7. The lowest BCUT2D eigenvalue weighted by molar-refractivity contribution is 0.0713. The van der Waals surface area contributed by atoms with Crippen molar-refractivity contribution in [1.82, 2.24) is 0 Å². The maximum absolute atomic E-state index is 11.6. The molecular formula is C15H22O3. The highest BCUT2D eigenvalue weighted by atomic mass is 16.3. The summed E-state index contributed by atoms with van der Waals surface area (Å²) < 4.78 is 0. The van der Waals surface area contributed by atoms with Crippen molar-refractivity contribution in [3.8, 4) is 5.75 Å². The van der Waals surface area contributed by atoms with E-state index in [-0.39, 0.29) is 17.1 Å². The zero-order valence-corrected chi connectivity index (χ0v) is 11.5. The Balaban J connectivity index is 3.18. The minimum atomic E-state index is -0.731. The van der Waals surface area contributed by atoms with Gasteiger partial charge in [0.1, 0.15) is 0 Å². The third-order valence-electron chi connectivity index (χ3n) is 2.98. The molecule has 0 aliphatic rings. The number of aromatic hydroxyl groups is 1. The zero-order chi connectivity index (χ0) is 13.9. The second kappa shape index (κ2) is 5.53. The molecule has 1 aromatic rings. The molecule has 3 nitrogen and oxygen atoms in total. The zero-order valence-electron chi connectivity index (χ0n) is 11.5. The van der Waals surface area contributed by atoms with E-state index in [1.165, 1.54) is 12.1 Å². The van der Waals surface area contributed by atoms with Gasteiger partial charge in [0.15, 0.2) is 5.75 Å². The number of rotatable bonds is 4. The lowest BCUT2D eigenvalue weighted by atomic mass is 9.93. The number of aliphatic hydroxyl groups is 1. The van der Waals surface area contributed by atoms with E-state index in [1.807, 2.05) is 13.8 Å². The Morgan fingerprint density at radius 3 is 2.39 bits per heavy atom. The molecule has 0 saturated heterocycles. The predicted molar refractivity (Wildman–Crippen MR) is 73.1 cm³/mol. The molecule has 0 aliphatic heterocycles. The average molecular weight is 250 g/mol. The smallest absolute Gasteiger partial charge is 0.220 e. The Morgan fingerprint density at radius 2 is 1.89 bits per heavy atom. The fourth-order valence-electron chi connectivity index (χ4n) is 1.87. The number of hydrogen-bond acceptors (Lipinski definition) is 3. The van der Waals surface area contributed by atoms with Crippen molar-refractivity contribution in [3.63, 3.8) is 0 Å². The monoisotopic (exact) mass is 250 g/mol. The Hall–Kier alpha value is -1.35. The highest BCUT2D eigenvalue weighted by Gasteiger charge is 2.15. The topological polar surface area (TPSA) is 57.5 Å². The summed E-state index contributed by atoms with van der Waals surface area (Å²) >= 11 is 0. The first-order valence-electron chi connectivity index (χ1n) is 6.29. The summed E-state index contributed by atoms with van der Waals surface area (Å²) in [6.45, 7) is 7.56. The van der Waals surface area contributed by atoms with Crippen LogP contribution in [0.1, 0.15) is 51.2 Å². The molecule has 0 saturated carbocycles. The molecule has 0 heterocycles. The molecule has 3 heteroatoms. The molecule has 0 amide bonds.